The van der Waals surface area contributed by atoms with Crippen molar-refractivity contribution in [3.05, 3.63) is 29.8 Å². The van der Waals surface area contributed by atoms with Gasteiger partial charge in [0.05, 0.1) is 19.6 Å². The minimum absolute atomic E-state index is 0.0330. The van der Waals surface area contributed by atoms with E-state index in [1.165, 1.54) is 89.9 Å². The fourth-order valence-electron chi connectivity index (χ4n) is 7.06. The van der Waals surface area contributed by atoms with Gasteiger partial charge in [-0.25, -0.2) is 0 Å². The maximum Gasteiger partial charge on any atom is 0.306 e. The van der Waals surface area contributed by atoms with Gasteiger partial charge in [-0.2, -0.15) is 0 Å². The SMILES string of the molecule is C=C=C=C=CC(CCCCC)CC(=O)OCCCCCCCCCCC(CCCCCCCCCCOC(=O)CC(C)CCCCC)OC(=O)CCCN(C)C. The van der Waals surface area contributed by atoms with Crippen molar-refractivity contribution in [2.75, 3.05) is 33.9 Å². The molecule has 7 heteroatoms. The topological polar surface area (TPSA) is 82.1 Å². The number of hydrogen-bond donors (Lipinski definition) is 0. The number of nitrogens with zero attached hydrogens (tertiary/aromatic N) is 1. The Hall–Kier alpha value is -2.55. The van der Waals surface area contributed by atoms with Crippen molar-refractivity contribution in [2.45, 2.75) is 219 Å². The Bertz CT molecular complexity index is 1070. The van der Waals surface area contributed by atoms with Gasteiger partial charge >= 0.3 is 17.9 Å². The van der Waals surface area contributed by atoms with E-state index in [0.717, 1.165) is 90.0 Å². The number of carbonyl (C=O) groups excluding carboxylic acids is 3. The zero-order chi connectivity index (χ0) is 41.3. The molecule has 56 heavy (non-hydrogen) atoms. The number of rotatable bonds is 40. The monoisotopic (exact) mass is 786 g/mol. The van der Waals surface area contributed by atoms with Gasteiger partial charge in [0.15, 0.2) is 0 Å². The van der Waals surface area contributed by atoms with Crippen LogP contribution < -0.4 is 0 Å². The van der Waals surface area contributed by atoms with Gasteiger partial charge in [-0.05, 0) is 102 Å². The molecule has 3 atom stereocenters. The molecule has 0 aromatic heterocycles. The Morgan fingerprint density at radius 3 is 1.55 bits per heavy atom. The summed E-state index contributed by atoms with van der Waals surface area (Å²) in [5, 5.41) is 0. The van der Waals surface area contributed by atoms with Crippen LogP contribution in [-0.4, -0.2) is 62.8 Å². The van der Waals surface area contributed by atoms with Crippen LogP contribution in [0.15, 0.2) is 29.8 Å². The fraction of sp³-hybridized carbons (Fsp3) is 0.837. The van der Waals surface area contributed by atoms with Crippen LogP contribution in [0.1, 0.15) is 213 Å². The van der Waals surface area contributed by atoms with Gasteiger partial charge in [0.1, 0.15) is 6.10 Å². The third kappa shape index (κ3) is 38.3. The quantitative estimate of drug-likeness (QED) is 0.0265. The molecule has 0 aliphatic rings. The molecular weight excluding hydrogens is 699 g/mol. The van der Waals surface area contributed by atoms with Crippen molar-refractivity contribution in [3.63, 3.8) is 0 Å². The van der Waals surface area contributed by atoms with Crippen molar-refractivity contribution < 1.29 is 28.6 Å². The van der Waals surface area contributed by atoms with Gasteiger partial charge in [-0.15, -0.1) is 0 Å². The normalized spacial score (nSPS) is 12.6. The predicted molar refractivity (Wildman–Crippen MR) is 234 cm³/mol. The summed E-state index contributed by atoms with van der Waals surface area (Å²) in [4.78, 5) is 39.2. The third-order valence-electron chi connectivity index (χ3n) is 10.6. The molecule has 0 aliphatic carbocycles. The Labute approximate surface area is 345 Å². The first kappa shape index (κ1) is 53.5. The minimum atomic E-state index is -0.123. The lowest BCUT2D eigenvalue weighted by atomic mass is 9.98. The molecule has 0 aromatic carbocycles. The van der Waals surface area contributed by atoms with Crippen molar-refractivity contribution in [1.29, 1.82) is 0 Å². The van der Waals surface area contributed by atoms with E-state index < -0.39 is 0 Å². The highest BCUT2D eigenvalue weighted by molar-refractivity contribution is 5.70. The maximum atomic E-state index is 12.6. The number of esters is 3. The summed E-state index contributed by atoms with van der Waals surface area (Å²) in [6.07, 6.45) is 33.7. The first-order valence-corrected chi connectivity index (χ1v) is 23.2. The molecule has 0 N–H and O–H groups in total. The van der Waals surface area contributed by atoms with E-state index in [-0.39, 0.29) is 29.9 Å². The summed E-state index contributed by atoms with van der Waals surface area (Å²) in [6, 6.07) is 0. The number of allylic oxidation sites excluding steroid dienone is 1. The number of carbonyl (C=O) groups is 3. The predicted octanol–water partition coefficient (Wildman–Crippen LogP) is 13.2. The van der Waals surface area contributed by atoms with Crippen LogP contribution in [0.2, 0.25) is 0 Å². The molecule has 0 radical (unpaired) electrons. The minimum Gasteiger partial charge on any atom is -0.466 e. The second-order valence-corrected chi connectivity index (χ2v) is 16.6. The first-order valence-electron chi connectivity index (χ1n) is 23.2. The highest BCUT2D eigenvalue weighted by atomic mass is 16.5. The average molecular weight is 786 g/mol. The number of hydrogen-bond acceptors (Lipinski definition) is 7. The summed E-state index contributed by atoms with van der Waals surface area (Å²) in [5.74, 6) is 0.353. The zero-order valence-electron chi connectivity index (χ0n) is 37.2. The molecule has 3 unspecified atom stereocenters. The molecule has 0 saturated carbocycles. The molecular formula is C49H87NO6. The second-order valence-electron chi connectivity index (χ2n) is 16.6. The molecule has 324 valence electrons. The van der Waals surface area contributed by atoms with Crippen LogP contribution in [-0.2, 0) is 28.6 Å². The first-order chi connectivity index (χ1) is 27.2. The van der Waals surface area contributed by atoms with Crippen LogP contribution in [0.3, 0.4) is 0 Å². The number of unbranched alkanes of at least 4 members (excludes halogenated alkanes) is 18. The largest absolute Gasteiger partial charge is 0.466 e. The van der Waals surface area contributed by atoms with E-state index in [4.69, 9.17) is 14.2 Å². The third-order valence-corrected chi connectivity index (χ3v) is 10.6. The van der Waals surface area contributed by atoms with E-state index in [1.807, 2.05) is 20.2 Å². The van der Waals surface area contributed by atoms with Crippen LogP contribution >= 0.6 is 0 Å². The van der Waals surface area contributed by atoms with Crippen molar-refractivity contribution in [1.82, 2.24) is 4.90 Å². The van der Waals surface area contributed by atoms with Crippen molar-refractivity contribution in [3.8, 4) is 0 Å². The lowest BCUT2D eigenvalue weighted by molar-refractivity contribution is -0.150. The molecule has 0 aliphatic heterocycles. The van der Waals surface area contributed by atoms with Gasteiger partial charge in [0.2, 0.25) is 0 Å². The van der Waals surface area contributed by atoms with E-state index in [0.29, 0.717) is 38.4 Å². The van der Waals surface area contributed by atoms with Crippen LogP contribution in [0, 0.1) is 11.8 Å². The molecule has 0 bridgehead atoms. The lowest BCUT2D eigenvalue weighted by Gasteiger charge is -2.18. The van der Waals surface area contributed by atoms with Gasteiger partial charge in [-0.3, -0.25) is 14.4 Å². The smallest absolute Gasteiger partial charge is 0.306 e. The highest BCUT2D eigenvalue weighted by Gasteiger charge is 2.15. The summed E-state index contributed by atoms with van der Waals surface area (Å²) < 4.78 is 17.0. The molecule has 0 rings (SSSR count). The Kier molecular flexibility index (Phi) is 38.8. The summed E-state index contributed by atoms with van der Waals surface area (Å²) >= 11 is 0. The van der Waals surface area contributed by atoms with E-state index in [1.54, 1.807) is 0 Å². The number of ether oxygens (including phenoxy) is 3. The standard InChI is InChI=1S/C49H87NO6/c1-7-10-25-33-44(4)42-48(52)54-40-30-23-19-15-13-17-21-28-36-46(56-47(51)38-32-39-50(5)6)37-29-22-18-14-16-20-24-31-41-55-49(53)43-45(34-26-11-8-2)35-27-12-9-3/h34,44-46H,2,7,9-10,12-25,27-33,35-43H2,1,3-6H3. The molecule has 0 fully saturated rings. The fourth-order valence-corrected chi connectivity index (χ4v) is 7.06. The van der Waals surface area contributed by atoms with E-state index in [9.17, 15) is 14.4 Å². The van der Waals surface area contributed by atoms with Crippen molar-refractivity contribution >= 4 is 17.9 Å². The summed E-state index contributed by atoms with van der Waals surface area (Å²) in [5.41, 5.74) is 8.25. The molecule has 0 saturated heterocycles. The molecule has 0 aromatic rings. The average Bonchev–Trinajstić information content (AvgIpc) is 3.15. The maximum absolute atomic E-state index is 12.6. The summed E-state index contributed by atoms with van der Waals surface area (Å²) in [7, 11) is 4.07. The Morgan fingerprint density at radius 1 is 0.589 bits per heavy atom. The van der Waals surface area contributed by atoms with E-state index >= 15 is 0 Å². The van der Waals surface area contributed by atoms with Crippen LogP contribution in [0.25, 0.3) is 0 Å². The molecule has 0 heterocycles. The molecule has 0 amide bonds. The zero-order valence-corrected chi connectivity index (χ0v) is 37.2. The second kappa shape index (κ2) is 40.6. The molecule has 7 nitrogen and oxygen atoms in total. The van der Waals surface area contributed by atoms with Gasteiger partial charge < -0.3 is 19.1 Å². The van der Waals surface area contributed by atoms with Gasteiger partial charge in [0, 0.05) is 12.8 Å². The van der Waals surface area contributed by atoms with E-state index in [2.05, 4.69) is 49.4 Å². The van der Waals surface area contributed by atoms with Crippen molar-refractivity contribution in [2.24, 2.45) is 11.8 Å². The molecule has 0 spiro atoms. The van der Waals surface area contributed by atoms with Gasteiger partial charge in [-0.1, -0.05) is 154 Å². The summed E-state index contributed by atoms with van der Waals surface area (Å²) in [6.45, 7) is 12.0. The van der Waals surface area contributed by atoms with Crippen LogP contribution in [0.4, 0.5) is 0 Å². The van der Waals surface area contributed by atoms with Gasteiger partial charge in [0.25, 0.3) is 0 Å². The highest BCUT2D eigenvalue weighted by Crippen LogP contribution is 2.20. The Morgan fingerprint density at radius 2 is 1.05 bits per heavy atom. The van der Waals surface area contributed by atoms with Crippen LogP contribution in [0.5, 0.6) is 0 Å². The Balaban J connectivity index is 4.15. The lowest BCUT2D eigenvalue weighted by Crippen LogP contribution is -2.20.